The van der Waals surface area contributed by atoms with Crippen LogP contribution >= 0.6 is 0 Å². The highest BCUT2D eigenvalue weighted by atomic mass is 19.1. The number of carbonyl (C=O) groups is 2. The number of benzene rings is 2. The number of imidazole rings is 1. The van der Waals surface area contributed by atoms with Gasteiger partial charge in [0.2, 0.25) is 5.78 Å². The molecule has 2 N–H and O–H groups in total. The van der Waals surface area contributed by atoms with Crippen molar-refractivity contribution in [2.45, 2.75) is 13.0 Å². The van der Waals surface area contributed by atoms with E-state index >= 15 is 0 Å². The van der Waals surface area contributed by atoms with Gasteiger partial charge in [0.1, 0.15) is 29.0 Å². The Morgan fingerprint density at radius 2 is 1.91 bits per heavy atom. The molecule has 0 spiro atoms. The van der Waals surface area contributed by atoms with E-state index in [9.17, 15) is 18.4 Å². The lowest BCUT2D eigenvalue weighted by atomic mass is 10.1. The molecule has 0 saturated carbocycles. The van der Waals surface area contributed by atoms with Gasteiger partial charge in [0, 0.05) is 23.6 Å². The lowest BCUT2D eigenvalue weighted by molar-refractivity contribution is -0.117. The van der Waals surface area contributed by atoms with E-state index in [0.717, 1.165) is 0 Å². The van der Waals surface area contributed by atoms with Crippen molar-refractivity contribution in [3.63, 3.8) is 0 Å². The molecule has 5 aromatic rings. The van der Waals surface area contributed by atoms with Gasteiger partial charge >= 0.3 is 0 Å². The average Bonchev–Trinajstić information content (AvgIpc) is 3.35. The van der Waals surface area contributed by atoms with Crippen LogP contribution in [0.25, 0.3) is 16.7 Å². The Balaban J connectivity index is 1.36. The predicted octanol–water partition coefficient (Wildman–Crippen LogP) is 3.80. The van der Waals surface area contributed by atoms with Gasteiger partial charge < -0.3 is 15.2 Å². The SMILES string of the molecule is O=C1CNc2c(nc3nc(NC(=O)c4cc5cc(F)ccc5n4Cc4cccc(F)c4)ccn23)C1. The summed E-state index contributed by atoms with van der Waals surface area (Å²) in [5, 5.41) is 6.36. The van der Waals surface area contributed by atoms with Gasteiger partial charge in [-0.2, -0.15) is 4.98 Å². The van der Waals surface area contributed by atoms with E-state index in [1.165, 1.54) is 24.3 Å². The molecular formula is C25H18F2N6O2. The third-order valence-electron chi connectivity index (χ3n) is 5.95. The highest BCUT2D eigenvalue weighted by Crippen LogP contribution is 2.25. The fourth-order valence-corrected chi connectivity index (χ4v) is 4.39. The van der Waals surface area contributed by atoms with E-state index < -0.39 is 11.7 Å². The van der Waals surface area contributed by atoms with E-state index in [1.54, 1.807) is 45.5 Å². The zero-order valence-electron chi connectivity index (χ0n) is 18.3. The van der Waals surface area contributed by atoms with Crippen LogP contribution in [0.1, 0.15) is 21.7 Å². The van der Waals surface area contributed by atoms with Crippen LogP contribution in [0, 0.1) is 11.6 Å². The maximum atomic E-state index is 13.9. The largest absolute Gasteiger partial charge is 0.362 e. The molecule has 8 nitrogen and oxygen atoms in total. The maximum absolute atomic E-state index is 13.9. The molecule has 1 aliphatic heterocycles. The minimum absolute atomic E-state index is 0.0389. The van der Waals surface area contributed by atoms with E-state index in [1.807, 2.05) is 0 Å². The van der Waals surface area contributed by atoms with Gasteiger partial charge in [-0.3, -0.25) is 14.0 Å². The number of nitrogens with zero attached hydrogens (tertiary/aromatic N) is 4. The molecule has 0 atom stereocenters. The lowest BCUT2D eigenvalue weighted by Crippen LogP contribution is -2.23. The molecule has 0 unspecified atom stereocenters. The number of Topliss-reactive ketones (excluding diaryl/α,β-unsaturated/α-hetero) is 1. The summed E-state index contributed by atoms with van der Waals surface area (Å²) < 4.78 is 31.1. The van der Waals surface area contributed by atoms with E-state index in [2.05, 4.69) is 20.6 Å². The molecule has 10 heteroatoms. The molecule has 0 saturated heterocycles. The molecule has 2 aromatic carbocycles. The van der Waals surface area contributed by atoms with Gasteiger partial charge in [-0.05, 0) is 48.0 Å². The van der Waals surface area contributed by atoms with Crippen molar-refractivity contribution in [3.8, 4) is 0 Å². The summed E-state index contributed by atoms with van der Waals surface area (Å²) >= 11 is 0. The molecule has 3 aromatic heterocycles. The highest BCUT2D eigenvalue weighted by Gasteiger charge is 2.22. The molecule has 4 heterocycles. The Hall–Kier alpha value is -4.60. The number of nitrogens with one attached hydrogen (secondary N) is 2. The number of halogens is 2. The first-order chi connectivity index (χ1) is 16.9. The third-order valence-corrected chi connectivity index (χ3v) is 5.95. The van der Waals surface area contributed by atoms with Crippen molar-refractivity contribution in [1.82, 2.24) is 18.9 Å². The number of fused-ring (bicyclic) bond motifs is 4. The van der Waals surface area contributed by atoms with Gasteiger partial charge in [-0.15, -0.1) is 0 Å². The first kappa shape index (κ1) is 21.0. The van der Waals surface area contributed by atoms with Crippen LogP contribution in [-0.2, 0) is 17.8 Å². The van der Waals surface area contributed by atoms with Crippen LogP contribution in [0.3, 0.4) is 0 Å². The summed E-state index contributed by atoms with van der Waals surface area (Å²) in [6.45, 7) is 0.449. The van der Waals surface area contributed by atoms with Crippen molar-refractivity contribution in [2.24, 2.45) is 0 Å². The Morgan fingerprint density at radius 3 is 2.77 bits per heavy atom. The molecular weight excluding hydrogens is 454 g/mol. The van der Waals surface area contributed by atoms with Crippen LogP contribution in [0.4, 0.5) is 20.4 Å². The minimum atomic E-state index is -0.459. The number of ketones is 1. The second-order valence-electron chi connectivity index (χ2n) is 8.36. The Bertz CT molecular complexity index is 1660. The Kier molecular flexibility index (Phi) is 4.80. The normalized spacial score (nSPS) is 13.1. The number of hydrogen-bond acceptors (Lipinski definition) is 5. The van der Waals surface area contributed by atoms with Crippen LogP contribution in [-0.4, -0.2) is 37.2 Å². The quantitative estimate of drug-likeness (QED) is 0.415. The summed E-state index contributed by atoms with van der Waals surface area (Å²) in [4.78, 5) is 33.8. The van der Waals surface area contributed by atoms with Gasteiger partial charge in [-0.25, -0.2) is 13.8 Å². The van der Waals surface area contributed by atoms with Crippen LogP contribution in [0.5, 0.6) is 0 Å². The fourth-order valence-electron chi connectivity index (χ4n) is 4.39. The van der Waals surface area contributed by atoms with Crippen LogP contribution < -0.4 is 10.6 Å². The predicted molar refractivity (Wildman–Crippen MR) is 126 cm³/mol. The monoisotopic (exact) mass is 472 g/mol. The molecule has 0 radical (unpaired) electrons. The minimum Gasteiger partial charge on any atom is -0.362 e. The first-order valence-corrected chi connectivity index (χ1v) is 10.9. The number of hydrogen-bond donors (Lipinski definition) is 2. The van der Waals surface area contributed by atoms with E-state index in [4.69, 9.17) is 0 Å². The van der Waals surface area contributed by atoms with Crippen LogP contribution in [0.2, 0.25) is 0 Å². The molecule has 174 valence electrons. The average molecular weight is 472 g/mol. The molecule has 0 aliphatic carbocycles. The van der Waals surface area contributed by atoms with Crippen molar-refractivity contribution < 1.29 is 18.4 Å². The van der Waals surface area contributed by atoms with Crippen molar-refractivity contribution in [3.05, 3.63) is 89.4 Å². The van der Waals surface area contributed by atoms with Crippen LogP contribution in [0.15, 0.2) is 60.8 Å². The molecule has 6 rings (SSSR count). The van der Waals surface area contributed by atoms with Crippen molar-refractivity contribution >= 4 is 40.0 Å². The summed E-state index contributed by atoms with van der Waals surface area (Å²) in [6.07, 6.45) is 1.94. The third kappa shape index (κ3) is 3.78. The van der Waals surface area contributed by atoms with Gasteiger partial charge in [0.25, 0.3) is 5.91 Å². The maximum Gasteiger partial charge on any atom is 0.273 e. The summed E-state index contributed by atoms with van der Waals surface area (Å²) in [5.74, 6) is 0.0999. The number of aromatic nitrogens is 4. The number of rotatable bonds is 4. The molecule has 0 bridgehead atoms. The summed E-state index contributed by atoms with van der Waals surface area (Å²) in [6, 6.07) is 13.6. The Labute approximate surface area is 197 Å². The zero-order valence-corrected chi connectivity index (χ0v) is 18.3. The van der Waals surface area contributed by atoms with E-state index in [-0.39, 0.29) is 42.6 Å². The lowest BCUT2D eigenvalue weighted by Gasteiger charge is -2.12. The second-order valence-corrected chi connectivity index (χ2v) is 8.36. The van der Waals surface area contributed by atoms with Gasteiger partial charge in [-0.1, -0.05) is 12.1 Å². The van der Waals surface area contributed by atoms with Crippen molar-refractivity contribution in [2.75, 3.05) is 17.2 Å². The topological polar surface area (TPSA) is 93.3 Å². The smallest absolute Gasteiger partial charge is 0.273 e. The number of carbonyl (C=O) groups excluding carboxylic acids is 2. The number of anilines is 2. The molecule has 0 fully saturated rings. The highest BCUT2D eigenvalue weighted by molar-refractivity contribution is 6.06. The summed E-state index contributed by atoms with van der Waals surface area (Å²) in [7, 11) is 0. The van der Waals surface area contributed by atoms with E-state index in [0.29, 0.717) is 33.8 Å². The van der Waals surface area contributed by atoms with Crippen molar-refractivity contribution in [1.29, 1.82) is 0 Å². The first-order valence-electron chi connectivity index (χ1n) is 10.9. The number of amides is 1. The fraction of sp³-hybridized carbons (Fsp3) is 0.120. The molecule has 1 aliphatic rings. The second kappa shape index (κ2) is 8.01. The summed E-state index contributed by atoms with van der Waals surface area (Å²) in [5.41, 5.74) is 2.17. The zero-order chi connectivity index (χ0) is 24.1. The van der Waals surface area contributed by atoms with Gasteiger partial charge in [0.05, 0.1) is 18.7 Å². The molecule has 35 heavy (non-hydrogen) atoms. The van der Waals surface area contributed by atoms with Gasteiger partial charge in [0.15, 0.2) is 5.78 Å². The molecule has 1 amide bonds. The standard InChI is InChI=1S/C25H18F2N6O2/c26-16-3-1-2-14(8-16)13-33-20-5-4-17(27)9-15(20)10-21(33)24(35)30-22-6-7-32-23-19(29-25(32)31-22)11-18(34)12-28-23/h1-10,28H,11-13H2,(H,29,30,31,35). The Morgan fingerprint density at radius 1 is 1.06 bits per heavy atom.